The first-order chi connectivity index (χ1) is 12.5. The number of nitrogens with one attached hydrogen (secondary N) is 1. The van der Waals surface area contributed by atoms with Crippen molar-refractivity contribution in [2.75, 3.05) is 19.3 Å². The van der Waals surface area contributed by atoms with Crippen LogP contribution in [-0.4, -0.2) is 40.8 Å². The molecule has 4 saturated carbocycles. The van der Waals surface area contributed by atoms with Crippen LogP contribution < -0.4 is 5.32 Å². The third kappa shape index (κ3) is 3.95. The molecule has 142 valence electrons. The quantitative estimate of drug-likeness (QED) is 0.794. The summed E-state index contributed by atoms with van der Waals surface area (Å²) in [4.78, 5) is 26.1. The van der Waals surface area contributed by atoms with E-state index in [0.29, 0.717) is 22.8 Å². The molecule has 6 heteroatoms. The molecule has 4 bridgehead atoms. The van der Waals surface area contributed by atoms with Gasteiger partial charge in [0.05, 0.1) is 25.1 Å². The Morgan fingerprint density at radius 1 is 1.23 bits per heavy atom. The van der Waals surface area contributed by atoms with E-state index in [0.717, 1.165) is 17.8 Å². The van der Waals surface area contributed by atoms with Gasteiger partial charge in [-0.05, 0) is 68.4 Å². The summed E-state index contributed by atoms with van der Waals surface area (Å²) in [5, 5.41) is 2.79. The fraction of sp³-hybridized carbons (Fsp3) is 0.700. The third-order valence-electron chi connectivity index (χ3n) is 6.33. The first-order valence-corrected chi connectivity index (χ1v) is 10.7. The first kappa shape index (κ1) is 18.0. The normalized spacial score (nSPS) is 31.8. The van der Waals surface area contributed by atoms with Crippen LogP contribution >= 0.6 is 11.8 Å². The summed E-state index contributed by atoms with van der Waals surface area (Å²) in [6, 6.07) is 3.61. The number of carbonyl (C=O) groups excluding carboxylic acids is 2. The number of hydrogen-bond donors (Lipinski definition) is 1. The molecule has 0 saturated heterocycles. The molecular weight excluding hydrogens is 348 g/mol. The summed E-state index contributed by atoms with van der Waals surface area (Å²) < 4.78 is 5.53. The predicted molar refractivity (Wildman–Crippen MR) is 102 cm³/mol. The van der Waals surface area contributed by atoms with Crippen molar-refractivity contribution >= 4 is 23.6 Å². The Morgan fingerprint density at radius 2 is 1.88 bits per heavy atom. The van der Waals surface area contributed by atoms with Crippen LogP contribution in [0.4, 0.5) is 0 Å². The second-order valence-corrected chi connectivity index (χ2v) is 9.94. The van der Waals surface area contributed by atoms with E-state index in [1.165, 1.54) is 38.5 Å². The Labute approximate surface area is 159 Å². The topological polar surface area (TPSA) is 62.6 Å². The zero-order valence-electron chi connectivity index (χ0n) is 15.4. The lowest BCUT2D eigenvalue weighted by molar-refractivity contribution is -0.132. The van der Waals surface area contributed by atoms with Gasteiger partial charge in [0.15, 0.2) is 0 Å². The van der Waals surface area contributed by atoms with Crippen LogP contribution in [0.5, 0.6) is 0 Å². The number of hydrogen-bond acceptors (Lipinski definition) is 4. The summed E-state index contributed by atoms with van der Waals surface area (Å²) in [5.41, 5.74) is 0. The Balaban J connectivity index is 1.22. The highest BCUT2D eigenvalue weighted by molar-refractivity contribution is 8.01. The molecule has 4 aliphatic carbocycles. The molecule has 26 heavy (non-hydrogen) atoms. The second-order valence-electron chi connectivity index (χ2n) is 8.50. The Kier molecular flexibility index (Phi) is 5.04. The number of thioether (sulfide) groups is 1. The number of nitrogens with zero attached hydrogens (tertiary/aromatic N) is 1. The van der Waals surface area contributed by atoms with Crippen molar-refractivity contribution in [3.63, 3.8) is 0 Å². The van der Waals surface area contributed by atoms with Crippen LogP contribution in [-0.2, 0) is 16.1 Å². The maximum Gasteiger partial charge on any atom is 0.239 e. The van der Waals surface area contributed by atoms with Gasteiger partial charge in [-0.15, -0.1) is 11.8 Å². The zero-order valence-corrected chi connectivity index (χ0v) is 16.2. The number of carbonyl (C=O) groups is 2. The molecule has 0 unspecified atom stereocenters. The van der Waals surface area contributed by atoms with E-state index in [1.54, 1.807) is 24.3 Å². The Morgan fingerprint density at radius 3 is 2.46 bits per heavy atom. The summed E-state index contributed by atoms with van der Waals surface area (Å²) in [6.07, 6.45) is 9.73. The van der Waals surface area contributed by atoms with E-state index in [-0.39, 0.29) is 18.4 Å². The van der Waals surface area contributed by atoms with Gasteiger partial charge in [0.25, 0.3) is 0 Å². The molecule has 1 N–H and O–H groups in total. The lowest BCUT2D eigenvalue weighted by Gasteiger charge is -2.56. The maximum absolute atomic E-state index is 12.5. The van der Waals surface area contributed by atoms with Gasteiger partial charge in [0, 0.05) is 11.8 Å². The summed E-state index contributed by atoms with van der Waals surface area (Å²) >= 11 is 1.87. The van der Waals surface area contributed by atoms with Gasteiger partial charge in [-0.3, -0.25) is 9.59 Å². The minimum atomic E-state index is -0.156. The predicted octanol–water partition coefficient (Wildman–Crippen LogP) is 3.06. The van der Waals surface area contributed by atoms with Gasteiger partial charge in [-0.1, -0.05) is 0 Å². The molecule has 0 spiro atoms. The van der Waals surface area contributed by atoms with Crippen molar-refractivity contribution in [2.45, 2.75) is 49.8 Å². The average Bonchev–Trinajstić information content (AvgIpc) is 3.10. The van der Waals surface area contributed by atoms with Crippen molar-refractivity contribution in [3.8, 4) is 0 Å². The average molecular weight is 377 g/mol. The lowest BCUT2D eigenvalue weighted by Crippen LogP contribution is -2.49. The molecule has 5 rings (SSSR count). The van der Waals surface area contributed by atoms with Crippen molar-refractivity contribution in [1.29, 1.82) is 0 Å². The van der Waals surface area contributed by atoms with Gasteiger partial charge in [-0.25, -0.2) is 0 Å². The fourth-order valence-corrected chi connectivity index (χ4v) is 7.20. The highest BCUT2D eigenvalue weighted by Gasteiger charge is 2.51. The van der Waals surface area contributed by atoms with Gasteiger partial charge in [-0.2, -0.15) is 0 Å². The van der Waals surface area contributed by atoms with E-state index in [4.69, 9.17) is 4.42 Å². The summed E-state index contributed by atoms with van der Waals surface area (Å²) in [5.74, 6) is 3.80. The minimum absolute atomic E-state index is 0.0545. The fourth-order valence-electron chi connectivity index (χ4n) is 5.49. The number of rotatable bonds is 7. The van der Waals surface area contributed by atoms with Gasteiger partial charge < -0.3 is 14.6 Å². The number of likely N-dealkylation sites (N-methyl/N-ethyl adjacent to an activating group) is 1. The van der Waals surface area contributed by atoms with E-state index < -0.39 is 0 Å². The molecule has 1 aromatic heterocycles. The van der Waals surface area contributed by atoms with Crippen molar-refractivity contribution in [2.24, 2.45) is 17.8 Å². The molecule has 2 amide bonds. The molecule has 0 aliphatic heterocycles. The highest BCUT2D eigenvalue weighted by atomic mass is 32.2. The molecule has 0 atom stereocenters. The molecule has 4 aliphatic rings. The number of furan rings is 1. The van der Waals surface area contributed by atoms with E-state index in [1.807, 2.05) is 17.8 Å². The van der Waals surface area contributed by atoms with Crippen LogP contribution in [0.2, 0.25) is 0 Å². The van der Waals surface area contributed by atoms with Gasteiger partial charge in [0.2, 0.25) is 11.8 Å². The molecule has 0 radical (unpaired) electrons. The van der Waals surface area contributed by atoms with Crippen LogP contribution in [0.1, 0.15) is 44.3 Å². The Hall–Kier alpha value is -1.43. The third-order valence-corrected chi connectivity index (χ3v) is 7.83. The van der Waals surface area contributed by atoms with E-state index in [9.17, 15) is 9.59 Å². The standard InChI is InChI=1S/C20H28N2O3S/c1-22(12-18(23)21-11-17-3-2-4-25-17)19(24)13-26-20-8-14-5-15(9-20)7-16(6-14)10-20/h2-4,14-16H,5-13H2,1H3,(H,21,23). The van der Waals surface area contributed by atoms with E-state index >= 15 is 0 Å². The molecule has 1 heterocycles. The molecule has 4 fully saturated rings. The van der Waals surface area contributed by atoms with E-state index in [2.05, 4.69) is 5.32 Å². The summed E-state index contributed by atoms with van der Waals surface area (Å²) in [7, 11) is 1.72. The minimum Gasteiger partial charge on any atom is -0.467 e. The van der Waals surface area contributed by atoms with Crippen molar-refractivity contribution < 1.29 is 14.0 Å². The molecule has 1 aromatic rings. The molecular formula is C20H28N2O3S. The van der Waals surface area contributed by atoms with Crippen LogP contribution in [0.25, 0.3) is 0 Å². The maximum atomic E-state index is 12.5. The zero-order chi connectivity index (χ0) is 18.1. The van der Waals surface area contributed by atoms with Crippen molar-refractivity contribution in [1.82, 2.24) is 10.2 Å². The van der Waals surface area contributed by atoms with Crippen LogP contribution in [0, 0.1) is 17.8 Å². The second kappa shape index (κ2) is 7.29. The van der Waals surface area contributed by atoms with Crippen molar-refractivity contribution in [3.05, 3.63) is 24.2 Å². The van der Waals surface area contributed by atoms with Gasteiger partial charge in [0.1, 0.15) is 5.76 Å². The van der Waals surface area contributed by atoms with Crippen LogP contribution in [0.3, 0.4) is 0 Å². The highest BCUT2D eigenvalue weighted by Crippen LogP contribution is 2.60. The largest absolute Gasteiger partial charge is 0.467 e. The smallest absolute Gasteiger partial charge is 0.239 e. The molecule has 5 nitrogen and oxygen atoms in total. The van der Waals surface area contributed by atoms with Gasteiger partial charge >= 0.3 is 0 Å². The first-order valence-electron chi connectivity index (χ1n) is 9.68. The monoisotopic (exact) mass is 376 g/mol. The SMILES string of the molecule is CN(CC(=O)NCc1ccco1)C(=O)CSC12CC3CC(CC(C3)C1)C2. The molecule has 0 aromatic carbocycles. The van der Waals surface area contributed by atoms with Crippen LogP contribution in [0.15, 0.2) is 22.8 Å². The summed E-state index contributed by atoms with van der Waals surface area (Å²) in [6.45, 7) is 0.455. The Bertz CT molecular complexity index is 623. The number of amides is 2. The lowest BCUT2D eigenvalue weighted by atomic mass is 9.56.